The predicted molar refractivity (Wildman–Crippen MR) is 54.7 cm³/mol. The van der Waals surface area contributed by atoms with Crippen LogP contribution in [0.1, 0.15) is 12.5 Å². The minimum absolute atomic E-state index is 0.368. The molecule has 76 valence electrons. The molecule has 0 amide bonds. The van der Waals surface area contributed by atoms with Crippen molar-refractivity contribution in [2.45, 2.75) is 19.0 Å². The van der Waals surface area contributed by atoms with Gasteiger partial charge in [-0.15, -0.1) is 0 Å². The molecule has 0 saturated carbocycles. The van der Waals surface area contributed by atoms with E-state index in [1.165, 1.54) is 0 Å². The number of alkyl halides is 1. The normalized spacial score (nSPS) is 25.1. The molecular weight excluding hydrogens is 181 g/mol. The number of rotatable bonds is 1. The number of ether oxygens (including phenoxy) is 1. The molecule has 1 heterocycles. The van der Waals surface area contributed by atoms with Crippen molar-refractivity contribution in [1.82, 2.24) is 0 Å². The fraction of sp³-hybridized carbons (Fsp3) is 0.455. The zero-order valence-corrected chi connectivity index (χ0v) is 8.43. The van der Waals surface area contributed by atoms with Crippen molar-refractivity contribution in [3.63, 3.8) is 0 Å². The van der Waals surface area contributed by atoms with Gasteiger partial charge in [0.05, 0.1) is 7.11 Å². The summed E-state index contributed by atoms with van der Waals surface area (Å²) in [5.74, 6) is 0.804. The molecule has 1 aliphatic heterocycles. The molecule has 0 radical (unpaired) electrons. The lowest BCUT2D eigenvalue weighted by atomic mass is 9.93. The quantitative estimate of drug-likeness (QED) is 0.743. The van der Waals surface area contributed by atoms with Crippen LogP contribution in [0.25, 0.3) is 0 Å². The summed E-state index contributed by atoms with van der Waals surface area (Å²) in [5, 5.41) is 3.07. The van der Waals surface area contributed by atoms with E-state index in [-0.39, 0.29) is 0 Å². The van der Waals surface area contributed by atoms with E-state index in [4.69, 9.17) is 4.74 Å². The second-order valence-electron chi connectivity index (χ2n) is 3.97. The lowest BCUT2D eigenvalue weighted by Gasteiger charge is -2.29. The van der Waals surface area contributed by atoms with Crippen LogP contribution in [-0.2, 0) is 6.42 Å². The largest absolute Gasteiger partial charge is 0.497 e. The maximum Gasteiger partial charge on any atom is 0.129 e. The van der Waals surface area contributed by atoms with Gasteiger partial charge in [0.2, 0.25) is 0 Å². The molecule has 0 aromatic heterocycles. The summed E-state index contributed by atoms with van der Waals surface area (Å²) in [6.45, 7) is 1.99. The Labute approximate surface area is 83.1 Å². The van der Waals surface area contributed by atoms with Gasteiger partial charge in [-0.25, -0.2) is 4.39 Å². The van der Waals surface area contributed by atoms with Crippen molar-refractivity contribution in [3.05, 3.63) is 23.8 Å². The standard InChI is InChI=1S/C11H14FNO/c1-11(12)6-8-3-4-9(14-2)5-10(8)13-7-11/h3-5,13H,6-7H2,1-2H3. The Balaban J connectivity index is 2.32. The van der Waals surface area contributed by atoms with Crippen LogP contribution in [0.5, 0.6) is 5.75 Å². The summed E-state index contributed by atoms with van der Waals surface area (Å²) in [7, 11) is 1.63. The van der Waals surface area contributed by atoms with Gasteiger partial charge < -0.3 is 10.1 Å². The third-order valence-corrected chi connectivity index (χ3v) is 2.52. The topological polar surface area (TPSA) is 21.3 Å². The van der Waals surface area contributed by atoms with Crippen molar-refractivity contribution >= 4 is 5.69 Å². The Morgan fingerprint density at radius 1 is 1.50 bits per heavy atom. The molecule has 0 bridgehead atoms. The number of hydrogen-bond donors (Lipinski definition) is 1. The van der Waals surface area contributed by atoms with Gasteiger partial charge >= 0.3 is 0 Å². The summed E-state index contributed by atoms with van der Waals surface area (Å²) in [6.07, 6.45) is 0.472. The van der Waals surface area contributed by atoms with Crippen LogP contribution in [0.4, 0.5) is 10.1 Å². The first-order valence-electron chi connectivity index (χ1n) is 4.70. The highest BCUT2D eigenvalue weighted by molar-refractivity contribution is 5.57. The molecule has 2 nitrogen and oxygen atoms in total. The summed E-state index contributed by atoms with van der Waals surface area (Å²) >= 11 is 0. The minimum Gasteiger partial charge on any atom is -0.497 e. The zero-order chi connectivity index (χ0) is 10.2. The first kappa shape index (κ1) is 9.31. The smallest absolute Gasteiger partial charge is 0.129 e. The van der Waals surface area contributed by atoms with Crippen LogP contribution in [0.2, 0.25) is 0 Å². The van der Waals surface area contributed by atoms with E-state index < -0.39 is 5.67 Å². The van der Waals surface area contributed by atoms with Gasteiger partial charge in [-0.05, 0) is 18.6 Å². The minimum atomic E-state index is -1.14. The molecule has 1 aliphatic rings. The second kappa shape index (κ2) is 3.15. The van der Waals surface area contributed by atoms with E-state index in [0.29, 0.717) is 13.0 Å². The molecule has 1 aromatic carbocycles. The fourth-order valence-electron chi connectivity index (χ4n) is 1.74. The van der Waals surface area contributed by atoms with Crippen LogP contribution in [0.3, 0.4) is 0 Å². The molecule has 0 aliphatic carbocycles. The fourth-order valence-corrected chi connectivity index (χ4v) is 1.74. The van der Waals surface area contributed by atoms with E-state index >= 15 is 0 Å². The molecule has 2 rings (SSSR count). The number of halogens is 1. The third-order valence-electron chi connectivity index (χ3n) is 2.52. The first-order chi connectivity index (χ1) is 6.61. The molecular formula is C11H14FNO. The van der Waals surface area contributed by atoms with Crippen LogP contribution in [0, 0.1) is 0 Å². The molecule has 1 atom stereocenters. The van der Waals surface area contributed by atoms with Crippen molar-refractivity contribution in [2.24, 2.45) is 0 Å². The summed E-state index contributed by atoms with van der Waals surface area (Å²) < 4.78 is 18.7. The van der Waals surface area contributed by atoms with Crippen molar-refractivity contribution < 1.29 is 9.13 Å². The van der Waals surface area contributed by atoms with Gasteiger partial charge in [-0.3, -0.25) is 0 Å². The van der Waals surface area contributed by atoms with E-state index in [0.717, 1.165) is 17.0 Å². The van der Waals surface area contributed by atoms with Gasteiger partial charge in [-0.1, -0.05) is 6.07 Å². The van der Waals surface area contributed by atoms with Gasteiger partial charge in [0, 0.05) is 24.7 Å². The van der Waals surface area contributed by atoms with E-state index in [2.05, 4.69) is 5.32 Å². The second-order valence-corrected chi connectivity index (χ2v) is 3.97. The Morgan fingerprint density at radius 3 is 3.00 bits per heavy atom. The Kier molecular flexibility index (Phi) is 2.10. The molecule has 1 aromatic rings. The highest BCUT2D eigenvalue weighted by Crippen LogP contribution is 2.31. The lowest BCUT2D eigenvalue weighted by Crippen LogP contribution is -2.35. The van der Waals surface area contributed by atoms with Gasteiger partial charge in [0.15, 0.2) is 0 Å². The van der Waals surface area contributed by atoms with Gasteiger partial charge in [-0.2, -0.15) is 0 Å². The maximum absolute atomic E-state index is 13.6. The monoisotopic (exact) mass is 195 g/mol. The molecule has 0 spiro atoms. The van der Waals surface area contributed by atoms with E-state index in [1.54, 1.807) is 14.0 Å². The maximum atomic E-state index is 13.6. The van der Waals surface area contributed by atoms with Gasteiger partial charge in [0.1, 0.15) is 11.4 Å². The molecule has 0 saturated heterocycles. The number of hydrogen-bond acceptors (Lipinski definition) is 2. The zero-order valence-electron chi connectivity index (χ0n) is 8.43. The van der Waals surface area contributed by atoms with Crippen LogP contribution in [-0.4, -0.2) is 19.3 Å². The Bertz CT molecular complexity index is 349. The summed E-state index contributed by atoms with van der Waals surface area (Å²) in [6, 6.07) is 5.69. The SMILES string of the molecule is COc1ccc2c(c1)NCC(C)(F)C2. The lowest BCUT2D eigenvalue weighted by molar-refractivity contribution is 0.202. The molecule has 3 heteroatoms. The molecule has 1 N–H and O–H groups in total. The average Bonchev–Trinajstić information content (AvgIpc) is 2.16. The molecule has 14 heavy (non-hydrogen) atoms. The summed E-state index contributed by atoms with van der Waals surface area (Å²) in [4.78, 5) is 0. The van der Waals surface area contributed by atoms with Crippen LogP contribution >= 0.6 is 0 Å². The number of nitrogens with one attached hydrogen (secondary N) is 1. The van der Waals surface area contributed by atoms with Crippen molar-refractivity contribution in [3.8, 4) is 5.75 Å². The highest BCUT2D eigenvalue weighted by atomic mass is 19.1. The van der Waals surface area contributed by atoms with Gasteiger partial charge in [0.25, 0.3) is 0 Å². The number of methoxy groups -OCH3 is 1. The predicted octanol–water partition coefficient (Wildman–Crippen LogP) is 2.39. The summed E-state index contributed by atoms with van der Waals surface area (Å²) in [5.41, 5.74) is 0.864. The third kappa shape index (κ3) is 1.67. The highest BCUT2D eigenvalue weighted by Gasteiger charge is 2.29. The van der Waals surface area contributed by atoms with E-state index in [9.17, 15) is 4.39 Å². The Morgan fingerprint density at radius 2 is 2.29 bits per heavy atom. The number of benzene rings is 1. The molecule has 0 fully saturated rings. The van der Waals surface area contributed by atoms with Crippen LogP contribution in [0.15, 0.2) is 18.2 Å². The van der Waals surface area contributed by atoms with Crippen molar-refractivity contribution in [2.75, 3.05) is 19.0 Å². The number of fused-ring (bicyclic) bond motifs is 1. The van der Waals surface area contributed by atoms with E-state index in [1.807, 2.05) is 18.2 Å². The first-order valence-corrected chi connectivity index (χ1v) is 4.70. The number of anilines is 1. The van der Waals surface area contributed by atoms with Crippen LogP contribution < -0.4 is 10.1 Å². The molecule has 1 unspecified atom stereocenters. The Hall–Kier alpha value is -1.25. The average molecular weight is 195 g/mol. The van der Waals surface area contributed by atoms with Crippen molar-refractivity contribution in [1.29, 1.82) is 0 Å².